The summed E-state index contributed by atoms with van der Waals surface area (Å²) >= 11 is 3.49. The molecule has 0 amide bonds. The van der Waals surface area contributed by atoms with Crippen molar-refractivity contribution in [3.05, 3.63) is 63.4 Å². The van der Waals surface area contributed by atoms with E-state index in [1.165, 1.54) is 5.56 Å². The molecule has 0 aliphatic heterocycles. The number of rotatable bonds is 2. The predicted octanol–water partition coefficient (Wildman–Crippen LogP) is 4.07. The third-order valence-electron chi connectivity index (χ3n) is 3.81. The maximum Gasteiger partial charge on any atom is 0.172 e. The summed E-state index contributed by atoms with van der Waals surface area (Å²) in [5.74, 6) is 0.112. The molecule has 2 nitrogen and oxygen atoms in total. The molecular weight excluding hydrogens is 302 g/mol. The number of ketones is 1. The van der Waals surface area contributed by atoms with Gasteiger partial charge in [-0.1, -0.05) is 34.1 Å². The number of carbonyl (C=O) groups excluding carboxylic acids is 1. The van der Waals surface area contributed by atoms with Gasteiger partial charge < -0.3 is 0 Å². The third-order valence-corrected chi connectivity index (χ3v) is 4.67. The van der Waals surface area contributed by atoms with Gasteiger partial charge in [-0.3, -0.25) is 9.78 Å². The van der Waals surface area contributed by atoms with Gasteiger partial charge in [0.15, 0.2) is 5.78 Å². The fourth-order valence-electron chi connectivity index (χ4n) is 2.73. The zero-order valence-electron chi connectivity index (χ0n) is 10.7. The number of hydrogen-bond acceptors (Lipinski definition) is 2. The number of carbonyl (C=O) groups is 1. The average Bonchev–Trinajstić information content (AvgIpc) is 2.85. The lowest BCUT2D eigenvalue weighted by Gasteiger charge is -2.12. The number of hydrogen-bond donors (Lipinski definition) is 0. The van der Waals surface area contributed by atoms with Gasteiger partial charge in [0.1, 0.15) is 0 Å². The smallest absolute Gasteiger partial charge is 0.172 e. The Balaban J connectivity index is 2.00. The average molecular weight is 316 g/mol. The minimum atomic E-state index is -0.0794. The number of pyridine rings is 1. The molecule has 1 unspecified atom stereocenters. The molecule has 1 atom stereocenters. The molecule has 1 aromatic heterocycles. The highest BCUT2D eigenvalue weighted by Crippen LogP contribution is 2.35. The highest BCUT2D eigenvalue weighted by atomic mass is 79.9. The first-order chi connectivity index (χ1) is 9.18. The Bertz CT molecular complexity index is 651. The Kier molecular flexibility index (Phi) is 3.23. The minimum Gasteiger partial charge on any atom is -0.293 e. The fraction of sp³-hybridized carbons (Fsp3) is 0.250. The van der Waals surface area contributed by atoms with E-state index < -0.39 is 0 Å². The fourth-order valence-corrected chi connectivity index (χ4v) is 3.10. The summed E-state index contributed by atoms with van der Waals surface area (Å²) < 4.78 is 0.984. The number of Topliss-reactive ketones (excluding diaryl/α,β-unsaturated/α-hetero) is 1. The van der Waals surface area contributed by atoms with Gasteiger partial charge in [0, 0.05) is 16.2 Å². The van der Waals surface area contributed by atoms with Crippen molar-refractivity contribution in [3.8, 4) is 0 Å². The van der Waals surface area contributed by atoms with Gasteiger partial charge in [0.2, 0.25) is 0 Å². The molecule has 19 heavy (non-hydrogen) atoms. The quantitative estimate of drug-likeness (QED) is 0.782. The van der Waals surface area contributed by atoms with Gasteiger partial charge in [0.25, 0.3) is 0 Å². The van der Waals surface area contributed by atoms with Crippen LogP contribution in [0.3, 0.4) is 0 Å². The van der Waals surface area contributed by atoms with Crippen LogP contribution in [0.15, 0.2) is 41.0 Å². The number of fused-ring (bicyclic) bond motifs is 1. The second-order valence-corrected chi connectivity index (χ2v) is 5.77. The lowest BCUT2D eigenvalue weighted by Crippen LogP contribution is -2.12. The number of benzene rings is 1. The molecule has 1 heterocycles. The normalized spacial score (nSPS) is 17.3. The molecule has 0 spiro atoms. The standard InChI is InChI=1S/C16H14BrNO/c1-10-12(5-2-6-14(10)17)16(19)13-8-7-11-4-3-9-18-15(11)13/h2-6,9,13H,7-8H2,1H3. The van der Waals surface area contributed by atoms with E-state index >= 15 is 0 Å². The predicted molar refractivity (Wildman–Crippen MR) is 78.5 cm³/mol. The maximum atomic E-state index is 12.7. The summed E-state index contributed by atoms with van der Waals surface area (Å²) in [5.41, 5.74) is 4.00. The first-order valence-electron chi connectivity index (χ1n) is 6.41. The Morgan fingerprint density at radius 3 is 3.00 bits per heavy atom. The molecule has 0 N–H and O–H groups in total. The van der Waals surface area contributed by atoms with Crippen molar-refractivity contribution in [2.24, 2.45) is 0 Å². The van der Waals surface area contributed by atoms with Crippen LogP contribution in [-0.2, 0) is 6.42 Å². The second kappa shape index (κ2) is 4.89. The third kappa shape index (κ3) is 2.12. The van der Waals surface area contributed by atoms with Gasteiger partial charge in [-0.25, -0.2) is 0 Å². The summed E-state index contributed by atoms with van der Waals surface area (Å²) in [7, 11) is 0. The molecule has 0 saturated carbocycles. The maximum absolute atomic E-state index is 12.7. The van der Waals surface area contributed by atoms with Crippen LogP contribution in [0.2, 0.25) is 0 Å². The molecule has 0 radical (unpaired) electrons. The van der Waals surface area contributed by atoms with Gasteiger partial charge in [-0.15, -0.1) is 0 Å². The monoisotopic (exact) mass is 315 g/mol. The van der Waals surface area contributed by atoms with E-state index in [4.69, 9.17) is 0 Å². The van der Waals surface area contributed by atoms with Crippen LogP contribution < -0.4 is 0 Å². The van der Waals surface area contributed by atoms with E-state index in [1.54, 1.807) is 6.20 Å². The van der Waals surface area contributed by atoms with E-state index in [2.05, 4.69) is 27.0 Å². The minimum absolute atomic E-state index is 0.0794. The van der Waals surface area contributed by atoms with Crippen LogP contribution in [0.5, 0.6) is 0 Å². The molecule has 1 aliphatic carbocycles. The molecule has 96 valence electrons. The summed E-state index contributed by atoms with van der Waals surface area (Å²) in [6.07, 6.45) is 3.60. The van der Waals surface area contributed by atoms with Crippen molar-refractivity contribution in [2.75, 3.05) is 0 Å². The van der Waals surface area contributed by atoms with Crippen LogP contribution in [0, 0.1) is 6.92 Å². The largest absolute Gasteiger partial charge is 0.293 e. The number of aromatic nitrogens is 1. The van der Waals surface area contributed by atoms with Crippen molar-refractivity contribution < 1.29 is 4.79 Å². The molecule has 0 bridgehead atoms. The van der Waals surface area contributed by atoms with Crippen LogP contribution in [0.4, 0.5) is 0 Å². The highest BCUT2D eigenvalue weighted by molar-refractivity contribution is 9.10. The van der Waals surface area contributed by atoms with E-state index in [0.29, 0.717) is 0 Å². The van der Waals surface area contributed by atoms with E-state index in [0.717, 1.165) is 34.1 Å². The van der Waals surface area contributed by atoms with E-state index in [-0.39, 0.29) is 11.7 Å². The molecule has 2 aromatic rings. The highest BCUT2D eigenvalue weighted by Gasteiger charge is 2.31. The Hall–Kier alpha value is -1.48. The topological polar surface area (TPSA) is 30.0 Å². The zero-order chi connectivity index (χ0) is 13.4. The van der Waals surface area contributed by atoms with E-state index in [9.17, 15) is 4.79 Å². The lowest BCUT2D eigenvalue weighted by molar-refractivity contribution is 0.0957. The molecular formula is C16H14BrNO. The van der Waals surface area contributed by atoms with Gasteiger partial charge >= 0.3 is 0 Å². The Labute approximate surface area is 121 Å². The van der Waals surface area contributed by atoms with Crippen molar-refractivity contribution in [3.63, 3.8) is 0 Å². The first-order valence-corrected chi connectivity index (χ1v) is 7.21. The van der Waals surface area contributed by atoms with Crippen LogP contribution in [-0.4, -0.2) is 10.8 Å². The number of aryl methyl sites for hydroxylation is 1. The second-order valence-electron chi connectivity index (χ2n) is 4.92. The van der Waals surface area contributed by atoms with Crippen molar-refractivity contribution in [2.45, 2.75) is 25.7 Å². The van der Waals surface area contributed by atoms with Crippen LogP contribution in [0.25, 0.3) is 0 Å². The molecule has 0 saturated heterocycles. The molecule has 3 heteroatoms. The molecule has 3 rings (SSSR count). The lowest BCUT2D eigenvalue weighted by atomic mass is 9.92. The Morgan fingerprint density at radius 2 is 2.16 bits per heavy atom. The number of nitrogens with zero attached hydrogens (tertiary/aromatic N) is 1. The molecule has 1 aromatic carbocycles. The summed E-state index contributed by atoms with van der Waals surface area (Å²) in [4.78, 5) is 17.1. The van der Waals surface area contributed by atoms with Gasteiger partial charge in [0.05, 0.1) is 11.6 Å². The van der Waals surface area contributed by atoms with Crippen LogP contribution in [0.1, 0.15) is 39.5 Å². The Morgan fingerprint density at radius 1 is 1.32 bits per heavy atom. The molecule has 0 fully saturated rings. The van der Waals surface area contributed by atoms with Gasteiger partial charge in [-0.2, -0.15) is 0 Å². The summed E-state index contributed by atoms with van der Waals surface area (Å²) in [6, 6.07) is 9.80. The summed E-state index contributed by atoms with van der Waals surface area (Å²) in [5, 5.41) is 0. The molecule has 1 aliphatic rings. The first kappa shape index (κ1) is 12.5. The van der Waals surface area contributed by atoms with Crippen molar-refractivity contribution >= 4 is 21.7 Å². The summed E-state index contributed by atoms with van der Waals surface area (Å²) in [6.45, 7) is 1.98. The van der Waals surface area contributed by atoms with E-state index in [1.807, 2.05) is 31.2 Å². The van der Waals surface area contributed by atoms with Gasteiger partial charge in [-0.05, 0) is 43.0 Å². The van der Waals surface area contributed by atoms with Crippen molar-refractivity contribution in [1.82, 2.24) is 4.98 Å². The number of halogens is 1. The SMILES string of the molecule is Cc1c(Br)cccc1C(=O)C1CCc2cccnc21. The van der Waals surface area contributed by atoms with Crippen molar-refractivity contribution in [1.29, 1.82) is 0 Å². The van der Waals surface area contributed by atoms with Crippen LogP contribution >= 0.6 is 15.9 Å². The zero-order valence-corrected chi connectivity index (χ0v) is 12.3.